The summed E-state index contributed by atoms with van der Waals surface area (Å²) >= 11 is 4.76. The number of hydrogen-bond acceptors (Lipinski definition) is 3. The van der Waals surface area contributed by atoms with E-state index in [0.29, 0.717) is 5.56 Å². The lowest BCUT2D eigenvalue weighted by Gasteiger charge is -2.09. The van der Waals surface area contributed by atoms with Gasteiger partial charge in [0.1, 0.15) is 16.6 Å². The second-order valence-electron chi connectivity index (χ2n) is 4.12. The maximum Gasteiger partial charge on any atom is 0.261 e. The fourth-order valence-electron chi connectivity index (χ4n) is 1.58. The Morgan fingerprint density at radius 1 is 1.10 bits per heavy atom. The van der Waals surface area contributed by atoms with Crippen molar-refractivity contribution in [2.45, 2.75) is 4.90 Å². The molecule has 0 saturated carbocycles. The van der Waals surface area contributed by atoms with E-state index in [1.54, 1.807) is 0 Å². The van der Waals surface area contributed by atoms with Crippen molar-refractivity contribution in [1.82, 2.24) is 0 Å². The highest BCUT2D eigenvalue weighted by molar-refractivity contribution is 7.92. The van der Waals surface area contributed by atoms with E-state index in [1.165, 1.54) is 24.3 Å². The van der Waals surface area contributed by atoms with Gasteiger partial charge in [0.2, 0.25) is 0 Å². The zero-order chi connectivity index (χ0) is 15.6. The highest BCUT2D eigenvalue weighted by Crippen LogP contribution is 2.20. The Labute approximate surface area is 125 Å². The second-order valence-corrected chi connectivity index (χ2v) is 6.24. The molecule has 0 bridgehead atoms. The number of sulfonamides is 1. The van der Waals surface area contributed by atoms with Gasteiger partial charge < -0.3 is 5.73 Å². The normalized spacial score (nSPS) is 11.1. The first-order chi connectivity index (χ1) is 9.79. The molecular formula is C13H10F2N2O2S2. The Bertz CT molecular complexity index is 790. The summed E-state index contributed by atoms with van der Waals surface area (Å²) in [4.78, 5) is 0.00856. The monoisotopic (exact) mass is 328 g/mol. The number of anilines is 1. The molecule has 2 rings (SSSR count). The van der Waals surface area contributed by atoms with Crippen LogP contribution in [0.25, 0.3) is 0 Å². The summed E-state index contributed by atoms with van der Waals surface area (Å²) < 4.78 is 52.6. The van der Waals surface area contributed by atoms with Gasteiger partial charge in [-0.3, -0.25) is 4.72 Å². The Balaban J connectivity index is 2.34. The average Bonchev–Trinajstić information content (AvgIpc) is 2.43. The van der Waals surface area contributed by atoms with Gasteiger partial charge >= 0.3 is 0 Å². The van der Waals surface area contributed by atoms with E-state index < -0.39 is 27.3 Å². The standard InChI is InChI=1S/C13H10F2N2O2S2/c14-9-3-6-11(15)12(7-9)17-21(18,19)10-4-1-8(2-5-10)13(16)20/h1-7,17H,(H2,16,20). The quantitative estimate of drug-likeness (QED) is 0.846. The lowest BCUT2D eigenvalue weighted by Crippen LogP contribution is -2.15. The molecule has 0 saturated heterocycles. The second kappa shape index (κ2) is 5.74. The van der Waals surface area contributed by atoms with Crippen LogP contribution >= 0.6 is 12.2 Å². The van der Waals surface area contributed by atoms with Crippen LogP contribution in [0.5, 0.6) is 0 Å². The van der Waals surface area contributed by atoms with E-state index in [2.05, 4.69) is 0 Å². The zero-order valence-corrected chi connectivity index (χ0v) is 12.1. The molecule has 0 atom stereocenters. The largest absolute Gasteiger partial charge is 0.389 e. The maximum absolute atomic E-state index is 13.5. The van der Waals surface area contributed by atoms with Crippen LogP contribution in [-0.2, 0) is 10.0 Å². The topological polar surface area (TPSA) is 72.2 Å². The number of rotatable bonds is 4. The number of nitrogens with one attached hydrogen (secondary N) is 1. The Morgan fingerprint density at radius 3 is 2.29 bits per heavy atom. The molecule has 0 aliphatic heterocycles. The average molecular weight is 328 g/mol. The van der Waals surface area contributed by atoms with Crippen molar-refractivity contribution in [2.24, 2.45) is 5.73 Å². The molecule has 0 radical (unpaired) electrons. The predicted molar refractivity (Wildman–Crippen MR) is 79.5 cm³/mol. The minimum absolute atomic E-state index is 0.119. The summed E-state index contributed by atoms with van der Waals surface area (Å²) in [5, 5.41) is 0. The Hall–Kier alpha value is -2.06. The van der Waals surface area contributed by atoms with E-state index in [-0.39, 0.29) is 9.88 Å². The number of halogens is 2. The zero-order valence-electron chi connectivity index (χ0n) is 10.5. The van der Waals surface area contributed by atoms with Gasteiger partial charge in [-0.1, -0.05) is 24.4 Å². The molecule has 0 heterocycles. The number of nitrogens with two attached hydrogens (primary N) is 1. The Morgan fingerprint density at radius 2 is 1.71 bits per heavy atom. The fourth-order valence-corrected chi connectivity index (χ4v) is 2.77. The van der Waals surface area contributed by atoms with E-state index in [9.17, 15) is 17.2 Å². The SMILES string of the molecule is NC(=S)c1ccc(S(=O)(=O)Nc2cc(F)ccc2F)cc1. The van der Waals surface area contributed by atoms with Gasteiger partial charge in [0, 0.05) is 11.6 Å². The van der Waals surface area contributed by atoms with Gasteiger partial charge in [-0.2, -0.15) is 0 Å². The molecule has 8 heteroatoms. The van der Waals surface area contributed by atoms with E-state index >= 15 is 0 Å². The van der Waals surface area contributed by atoms with Gasteiger partial charge in [0.25, 0.3) is 10.0 Å². The minimum atomic E-state index is -4.04. The molecule has 0 unspecified atom stereocenters. The van der Waals surface area contributed by atoms with Crippen LogP contribution < -0.4 is 10.5 Å². The van der Waals surface area contributed by atoms with E-state index in [0.717, 1.165) is 18.2 Å². The summed E-state index contributed by atoms with van der Waals surface area (Å²) in [6, 6.07) is 7.89. The van der Waals surface area contributed by atoms with Gasteiger partial charge in [0.05, 0.1) is 10.6 Å². The van der Waals surface area contributed by atoms with Crippen molar-refractivity contribution in [3.8, 4) is 0 Å². The molecule has 0 aliphatic carbocycles. The Kier molecular flexibility index (Phi) is 4.19. The number of thiocarbonyl (C=S) groups is 1. The van der Waals surface area contributed by atoms with Gasteiger partial charge in [0.15, 0.2) is 0 Å². The third-order valence-electron chi connectivity index (χ3n) is 2.62. The van der Waals surface area contributed by atoms with Crippen molar-refractivity contribution >= 4 is 32.9 Å². The van der Waals surface area contributed by atoms with Gasteiger partial charge in [-0.05, 0) is 24.3 Å². The van der Waals surface area contributed by atoms with Crippen LogP contribution in [0.3, 0.4) is 0 Å². The molecule has 0 aliphatic rings. The lowest BCUT2D eigenvalue weighted by molar-refractivity contribution is 0.594. The highest BCUT2D eigenvalue weighted by atomic mass is 32.2. The molecule has 0 fully saturated rings. The molecule has 2 aromatic rings. The molecule has 4 nitrogen and oxygen atoms in total. The van der Waals surface area contributed by atoms with Crippen molar-refractivity contribution in [3.05, 3.63) is 59.7 Å². The van der Waals surface area contributed by atoms with Crippen molar-refractivity contribution in [1.29, 1.82) is 0 Å². The third-order valence-corrected chi connectivity index (χ3v) is 4.24. The first kappa shape index (κ1) is 15.3. The van der Waals surface area contributed by atoms with E-state index in [1.807, 2.05) is 4.72 Å². The van der Waals surface area contributed by atoms with Crippen LogP contribution in [0.2, 0.25) is 0 Å². The van der Waals surface area contributed by atoms with Crippen LogP contribution in [0.4, 0.5) is 14.5 Å². The summed E-state index contributed by atoms with van der Waals surface area (Å²) in [6.07, 6.45) is 0. The molecule has 21 heavy (non-hydrogen) atoms. The number of hydrogen-bond donors (Lipinski definition) is 2. The van der Waals surface area contributed by atoms with E-state index in [4.69, 9.17) is 18.0 Å². The molecule has 3 N–H and O–H groups in total. The molecule has 2 aromatic carbocycles. The predicted octanol–water partition coefficient (Wildman–Crippen LogP) is 2.40. The first-order valence-electron chi connectivity index (χ1n) is 5.67. The minimum Gasteiger partial charge on any atom is -0.389 e. The van der Waals surface area contributed by atoms with Crippen molar-refractivity contribution < 1.29 is 17.2 Å². The summed E-state index contributed by atoms with van der Waals surface area (Å²) in [6.45, 7) is 0. The van der Waals surface area contributed by atoms with Crippen LogP contribution in [0.1, 0.15) is 5.56 Å². The van der Waals surface area contributed by atoms with Gasteiger partial charge in [-0.25, -0.2) is 17.2 Å². The van der Waals surface area contributed by atoms with Crippen LogP contribution in [0, 0.1) is 11.6 Å². The van der Waals surface area contributed by atoms with Crippen molar-refractivity contribution in [3.63, 3.8) is 0 Å². The van der Waals surface area contributed by atoms with Gasteiger partial charge in [-0.15, -0.1) is 0 Å². The molecule has 0 amide bonds. The van der Waals surface area contributed by atoms with Crippen LogP contribution in [0.15, 0.2) is 47.4 Å². The summed E-state index contributed by atoms with van der Waals surface area (Å²) in [5.74, 6) is -1.63. The van der Waals surface area contributed by atoms with Crippen molar-refractivity contribution in [2.75, 3.05) is 4.72 Å². The molecule has 0 spiro atoms. The third kappa shape index (κ3) is 3.53. The first-order valence-corrected chi connectivity index (χ1v) is 7.56. The highest BCUT2D eigenvalue weighted by Gasteiger charge is 2.17. The molecular weight excluding hydrogens is 318 g/mol. The van der Waals surface area contributed by atoms with Crippen LogP contribution in [-0.4, -0.2) is 13.4 Å². The maximum atomic E-state index is 13.5. The summed E-state index contributed by atoms with van der Waals surface area (Å²) in [7, 11) is -4.04. The molecule has 0 aromatic heterocycles. The molecule has 110 valence electrons. The number of benzene rings is 2. The smallest absolute Gasteiger partial charge is 0.261 e. The lowest BCUT2D eigenvalue weighted by atomic mass is 10.2. The summed E-state index contributed by atoms with van der Waals surface area (Å²) in [5.41, 5.74) is 5.44. The fraction of sp³-hybridized carbons (Fsp3) is 0.